The van der Waals surface area contributed by atoms with Crippen LogP contribution in [0.5, 0.6) is 0 Å². The lowest BCUT2D eigenvalue weighted by Gasteiger charge is -2.29. The number of rotatable bonds is 13. The standard InChI is InChI=1S/C30H47FN4O3/c1-6-17-35(18-11-12-20(2)3)30(38)27(32)21(4)24-15-16-26(25(31)19-24)34-29(37)28(33-22(5)36)23-13-9-7-8-10-14-23/h15-16,19,21,23,27-28H,2,6-14,17-18,32H2,1,3-5H3,(H,33,36)(H,34,37)/t21-,27+,28-/m0/s1. The highest BCUT2D eigenvalue weighted by Gasteiger charge is 2.31. The topological polar surface area (TPSA) is 105 Å². The SMILES string of the molecule is C=C(C)CCCN(CCC)C(=O)[C@H](N)[C@@H](C)c1ccc(NC(=O)[C@@H](NC(C)=O)C2CCCCCC2)c(F)c1. The van der Waals surface area contributed by atoms with Gasteiger partial charge >= 0.3 is 0 Å². The first kappa shape index (κ1) is 31.5. The van der Waals surface area contributed by atoms with Crippen LogP contribution < -0.4 is 16.4 Å². The van der Waals surface area contributed by atoms with Crippen molar-refractivity contribution < 1.29 is 18.8 Å². The van der Waals surface area contributed by atoms with E-state index in [0.29, 0.717) is 18.7 Å². The average Bonchev–Trinajstić information content (AvgIpc) is 3.15. The van der Waals surface area contributed by atoms with Crippen molar-refractivity contribution in [3.8, 4) is 0 Å². The largest absolute Gasteiger partial charge is 0.344 e. The minimum Gasteiger partial charge on any atom is -0.344 e. The molecule has 0 heterocycles. The van der Waals surface area contributed by atoms with Crippen molar-refractivity contribution in [2.45, 2.75) is 103 Å². The number of carbonyl (C=O) groups excluding carboxylic acids is 3. The second-order valence-corrected chi connectivity index (χ2v) is 10.9. The number of hydrogen-bond acceptors (Lipinski definition) is 4. The van der Waals surface area contributed by atoms with Gasteiger partial charge in [-0.25, -0.2) is 4.39 Å². The van der Waals surface area contributed by atoms with Gasteiger partial charge in [-0.1, -0.05) is 51.2 Å². The number of nitrogens with zero attached hydrogens (tertiary/aromatic N) is 1. The van der Waals surface area contributed by atoms with Gasteiger partial charge in [0.15, 0.2) is 0 Å². The molecule has 7 nitrogen and oxygen atoms in total. The second kappa shape index (κ2) is 15.6. The molecular weight excluding hydrogens is 483 g/mol. The van der Waals surface area contributed by atoms with Crippen LogP contribution in [-0.2, 0) is 14.4 Å². The Labute approximate surface area is 227 Å². The summed E-state index contributed by atoms with van der Waals surface area (Å²) in [4.78, 5) is 39.9. The van der Waals surface area contributed by atoms with E-state index in [4.69, 9.17) is 5.73 Å². The molecule has 1 fully saturated rings. The minimum absolute atomic E-state index is 0.0224. The number of nitrogens with one attached hydrogen (secondary N) is 2. The summed E-state index contributed by atoms with van der Waals surface area (Å²) >= 11 is 0. The molecule has 2 rings (SSSR count). The van der Waals surface area contributed by atoms with Crippen LogP contribution >= 0.6 is 0 Å². The fourth-order valence-electron chi connectivity index (χ4n) is 5.19. The molecule has 1 aliphatic carbocycles. The van der Waals surface area contributed by atoms with Gasteiger partial charge in [0.1, 0.15) is 11.9 Å². The van der Waals surface area contributed by atoms with Crippen LogP contribution in [0.3, 0.4) is 0 Å². The summed E-state index contributed by atoms with van der Waals surface area (Å²) < 4.78 is 15.1. The Bertz CT molecular complexity index is 959. The molecule has 0 unspecified atom stereocenters. The fourth-order valence-corrected chi connectivity index (χ4v) is 5.19. The van der Waals surface area contributed by atoms with Crippen LogP contribution in [0.15, 0.2) is 30.4 Å². The van der Waals surface area contributed by atoms with E-state index in [1.807, 2.05) is 20.8 Å². The Morgan fingerprint density at radius 1 is 1.13 bits per heavy atom. The molecule has 212 valence electrons. The van der Waals surface area contributed by atoms with Crippen molar-refractivity contribution in [2.75, 3.05) is 18.4 Å². The van der Waals surface area contributed by atoms with E-state index in [9.17, 15) is 14.4 Å². The predicted molar refractivity (Wildman–Crippen MR) is 151 cm³/mol. The maximum atomic E-state index is 15.1. The molecule has 1 aliphatic rings. The fraction of sp³-hybridized carbons (Fsp3) is 0.633. The van der Waals surface area contributed by atoms with Crippen LogP contribution in [0.1, 0.15) is 97.0 Å². The molecule has 0 aromatic heterocycles. The van der Waals surface area contributed by atoms with Gasteiger partial charge in [-0.15, -0.1) is 6.58 Å². The highest BCUT2D eigenvalue weighted by Crippen LogP contribution is 2.28. The Morgan fingerprint density at radius 2 is 1.79 bits per heavy atom. The van der Waals surface area contributed by atoms with Gasteiger partial charge in [-0.2, -0.15) is 0 Å². The lowest BCUT2D eigenvalue weighted by Crippen LogP contribution is -2.48. The lowest BCUT2D eigenvalue weighted by molar-refractivity contribution is -0.133. The van der Waals surface area contributed by atoms with Crippen LogP contribution in [0.2, 0.25) is 0 Å². The minimum atomic E-state index is -0.814. The highest BCUT2D eigenvalue weighted by atomic mass is 19.1. The summed E-state index contributed by atoms with van der Waals surface area (Å²) in [5, 5.41) is 5.45. The molecule has 3 atom stereocenters. The number of hydrogen-bond donors (Lipinski definition) is 3. The van der Waals surface area contributed by atoms with Crippen LogP contribution in [0.4, 0.5) is 10.1 Å². The van der Waals surface area contributed by atoms with Gasteiger partial charge in [0.2, 0.25) is 17.7 Å². The molecule has 0 aliphatic heterocycles. The van der Waals surface area contributed by atoms with Crippen molar-refractivity contribution in [2.24, 2.45) is 11.7 Å². The Morgan fingerprint density at radius 3 is 2.34 bits per heavy atom. The Kier molecular flexibility index (Phi) is 12.9. The van der Waals surface area contributed by atoms with Crippen molar-refractivity contribution >= 4 is 23.4 Å². The zero-order valence-electron chi connectivity index (χ0n) is 23.7. The summed E-state index contributed by atoms with van der Waals surface area (Å²) in [7, 11) is 0. The maximum Gasteiger partial charge on any atom is 0.247 e. The maximum absolute atomic E-state index is 15.1. The molecular formula is C30H47FN4O3. The summed E-state index contributed by atoms with van der Waals surface area (Å²) in [6, 6.07) is 3.01. The third-order valence-corrected chi connectivity index (χ3v) is 7.45. The number of nitrogens with two attached hydrogens (primary N) is 1. The Balaban J connectivity index is 2.11. The van der Waals surface area contributed by atoms with E-state index in [2.05, 4.69) is 17.2 Å². The molecule has 1 saturated carbocycles. The smallest absolute Gasteiger partial charge is 0.247 e. The summed E-state index contributed by atoms with van der Waals surface area (Å²) in [5.41, 5.74) is 8.07. The number of anilines is 1. The van der Waals surface area contributed by atoms with Gasteiger partial charge in [0.25, 0.3) is 0 Å². The van der Waals surface area contributed by atoms with Gasteiger partial charge in [0, 0.05) is 25.9 Å². The summed E-state index contributed by atoms with van der Waals surface area (Å²) in [5.74, 6) is -1.84. The van der Waals surface area contributed by atoms with E-state index >= 15 is 4.39 Å². The average molecular weight is 531 g/mol. The van der Waals surface area contributed by atoms with Crippen molar-refractivity contribution in [3.05, 3.63) is 41.7 Å². The number of carbonyl (C=O) groups is 3. The quantitative estimate of drug-likeness (QED) is 0.239. The first-order valence-corrected chi connectivity index (χ1v) is 14.1. The molecule has 0 spiro atoms. The van der Waals surface area contributed by atoms with Crippen LogP contribution in [0.25, 0.3) is 0 Å². The summed E-state index contributed by atoms with van der Waals surface area (Å²) in [6.45, 7) is 12.3. The third-order valence-electron chi connectivity index (χ3n) is 7.45. The molecule has 0 bridgehead atoms. The Hall–Kier alpha value is -2.74. The predicted octanol–water partition coefficient (Wildman–Crippen LogP) is 5.27. The molecule has 1 aromatic carbocycles. The van der Waals surface area contributed by atoms with E-state index in [1.165, 1.54) is 19.1 Å². The third kappa shape index (κ3) is 9.53. The van der Waals surface area contributed by atoms with Gasteiger partial charge < -0.3 is 21.3 Å². The van der Waals surface area contributed by atoms with Crippen molar-refractivity contribution in [1.29, 1.82) is 0 Å². The monoisotopic (exact) mass is 530 g/mol. The van der Waals surface area contributed by atoms with Crippen molar-refractivity contribution in [3.63, 3.8) is 0 Å². The number of halogens is 1. The lowest BCUT2D eigenvalue weighted by atomic mass is 9.90. The van der Waals surface area contributed by atoms with Gasteiger partial charge in [0.05, 0.1) is 11.7 Å². The first-order chi connectivity index (χ1) is 18.0. The second-order valence-electron chi connectivity index (χ2n) is 10.9. The number of allylic oxidation sites excluding steroid dienone is 1. The van der Waals surface area contributed by atoms with E-state index in [0.717, 1.165) is 63.4 Å². The highest BCUT2D eigenvalue weighted by molar-refractivity contribution is 5.97. The number of benzene rings is 1. The van der Waals surface area contributed by atoms with Crippen molar-refractivity contribution in [1.82, 2.24) is 10.2 Å². The van der Waals surface area contributed by atoms with E-state index in [-0.39, 0.29) is 23.4 Å². The summed E-state index contributed by atoms with van der Waals surface area (Å²) in [6.07, 6.45) is 8.46. The van der Waals surface area contributed by atoms with Gasteiger partial charge in [-0.05, 0) is 62.6 Å². The number of amides is 3. The molecule has 0 radical (unpaired) electrons. The zero-order chi connectivity index (χ0) is 28.2. The molecule has 1 aromatic rings. The van der Waals surface area contributed by atoms with Crippen LogP contribution in [-0.4, -0.2) is 47.8 Å². The normalized spacial score (nSPS) is 16.6. The molecule has 3 amide bonds. The molecule has 38 heavy (non-hydrogen) atoms. The van der Waals surface area contributed by atoms with Crippen LogP contribution in [0, 0.1) is 11.7 Å². The molecule has 0 saturated heterocycles. The molecule has 4 N–H and O–H groups in total. The zero-order valence-corrected chi connectivity index (χ0v) is 23.7. The van der Waals surface area contributed by atoms with Gasteiger partial charge in [-0.3, -0.25) is 14.4 Å². The van der Waals surface area contributed by atoms with E-state index < -0.39 is 29.7 Å². The van der Waals surface area contributed by atoms with E-state index in [1.54, 1.807) is 11.0 Å². The first-order valence-electron chi connectivity index (χ1n) is 14.1. The molecule has 8 heteroatoms.